The summed E-state index contributed by atoms with van der Waals surface area (Å²) in [6, 6.07) is 5.08. The maximum absolute atomic E-state index is 11.5. The van der Waals surface area contributed by atoms with E-state index in [2.05, 4.69) is 0 Å². The molecule has 1 aliphatic rings. The summed E-state index contributed by atoms with van der Waals surface area (Å²) in [5.41, 5.74) is 1.04. The zero-order valence-electron chi connectivity index (χ0n) is 8.77. The molecule has 1 heterocycles. The molecule has 0 amide bonds. The van der Waals surface area contributed by atoms with Crippen molar-refractivity contribution < 1.29 is 19.4 Å². The Bertz CT molecular complexity index is 519. The normalized spacial score (nSPS) is 13.4. The lowest BCUT2D eigenvalue weighted by molar-refractivity contribution is -0.139. The van der Waals surface area contributed by atoms with Crippen molar-refractivity contribution in [1.29, 1.82) is 0 Å². The number of carbonyl (C=O) groups excluding carboxylic acids is 1. The van der Waals surface area contributed by atoms with Gasteiger partial charge in [-0.05, 0) is 24.3 Å². The second kappa shape index (κ2) is 4.59. The first-order valence-electron chi connectivity index (χ1n) is 4.94. The lowest BCUT2D eigenvalue weighted by Crippen LogP contribution is -2.17. The fraction of sp³-hybridized carbons (Fsp3) is 0.167. The van der Waals surface area contributed by atoms with Crippen LogP contribution in [-0.2, 0) is 9.59 Å². The molecule has 2 rings (SSSR count). The smallest absolute Gasteiger partial charge is 0.311 e. The maximum atomic E-state index is 11.5. The molecule has 0 aromatic heterocycles. The van der Waals surface area contributed by atoms with Gasteiger partial charge >= 0.3 is 5.97 Å². The van der Waals surface area contributed by atoms with Crippen molar-refractivity contribution >= 4 is 29.4 Å². The van der Waals surface area contributed by atoms with Gasteiger partial charge in [-0.1, -0.05) is 11.6 Å². The average Bonchev–Trinajstić information content (AvgIpc) is 2.27. The minimum atomic E-state index is -1.15. The van der Waals surface area contributed by atoms with Crippen LogP contribution in [0.15, 0.2) is 23.8 Å². The summed E-state index contributed by atoms with van der Waals surface area (Å²) in [7, 11) is 0. The molecule has 0 aliphatic carbocycles. The van der Waals surface area contributed by atoms with Crippen LogP contribution >= 0.6 is 11.6 Å². The first kappa shape index (κ1) is 11.7. The highest BCUT2D eigenvalue weighted by Gasteiger charge is 2.19. The maximum Gasteiger partial charge on any atom is 0.311 e. The Morgan fingerprint density at radius 1 is 1.41 bits per heavy atom. The molecular weight excluding hydrogens is 244 g/mol. The predicted molar refractivity (Wildman–Crippen MR) is 62.2 cm³/mol. The van der Waals surface area contributed by atoms with E-state index in [0.717, 1.165) is 0 Å². The van der Waals surface area contributed by atoms with E-state index < -0.39 is 18.2 Å². The molecule has 0 spiro atoms. The highest BCUT2D eigenvalue weighted by molar-refractivity contribution is 6.30. The van der Waals surface area contributed by atoms with E-state index in [9.17, 15) is 9.59 Å². The number of hydrogen-bond acceptors (Lipinski definition) is 3. The lowest BCUT2D eigenvalue weighted by atomic mass is 10.0. The molecule has 0 saturated carbocycles. The zero-order chi connectivity index (χ0) is 12.4. The van der Waals surface area contributed by atoms with Crippen LogP contribution in [0.5, 0.6) is 5.75 Å². The quantitative estimate of drug-likeness (QED) is 0.838. The molecule has 0 atom stereocenters. The van der Waals surface area contributed by atoms with Crippen LogP contribution in [0.2, 0.25) is 5.02 Å². The van der Waals surface area contributed by atoms with E-state index in [-0.39, 0.29) is 6.61 Å². The van der Waals surface area contributed by atoms with Gasteiger partial charge < -0.3 is 9.84 Å². The summed E-state index contributed by atoms with van der Waals surface area (Å²) < 4.78 is 5.35. The molecule has 0 fully saturated rings. The molecule has 0 saturated heterocycles. The van der Waals surface area contributed by atoms with Gasteiger partial charge in [0.25, 0.3) is 0 Å². The van der Waals surface area contributed by atoms with E-state index >= 15 is 0 Å². The summed E-state index contributed by atoms with van der Waals surface area (Å²) in [5, 5.41) is 9.08. The number of Topliss-reactive ketones (excluding diaryl/α,β-unsaturated/α-hetero) is 1. The average molecular weight is 253 g/mol. The van der Waals surface area contributed by atoms with Crippen LogP contribution < -0.4 is 4.74 Å². The van der Waals surface area contributed by atoms with E-state index in [1.165, 1.54) is 0 Å². The van der Waals surface area contributed by atoms with Crippen molar-refractivity contribution in [2.75, 3.05) is 6.61 Å². The van der Waals surface area contributed by atoms with Gasteiger partial charge in [0.2, 0.25) is 0 Å². The van der Waals surface area contributed by atoms with Crippen molar-refractivity contribution in [3.8, 4) is 5.75 Å². The van der Waals surface area contributed by atoms with Gasteiger partial charge in [-0.25, -0.2) is 0 Å². The van der Waals surface area contributed by atoms with Crippen molar-refractivity contribution in [1.82, 2.24) is 0 Å². The number of carbonyl (C=O) groups is 2. The van der Waals surface area contributed by atoms with Gasteiger partial charge in [-0.2, -0.15) is 0 Å². The summed E-state index contributed by atoms with van der Waals surface area (Å²) in [6.07, 6.45) is 1.10. The number of ketones is 1. The summed E-state index contributed by atoms with van der Waals surface area (Å²) >= 11 is 5.82. The first-order valence-corrected chi connectivity index (χ1v) is 5.32. The van der Waals surface area contributed by atoms with Crippen LogP contribution in [0.3, 0.4) is 0 Å². The largest absolute Gasteiger partial charge is 0.488 e. The molecule has 1 aromatic carbocycles. The van der Waals surface area contributed by atoms with Crippen LogP contribution in [0.1, 0.15) is 12.0 Å². The topological polar surface area (TPSA) is 63.6 Å². The Hall–Kier alpha value is -1.81. The van der Waals surface area contributed by atoms with Crippen LogP contribution in [0, 0.1) is 0 Å². The second-order valence-electron chi connectivity index (χ2n) is 3.63. The number of carboxylic acid groups (broad SMARTS) is 1. The fourth-order valence-electron chi connectivity index (χ4n) is 1.56. The Morgan fingerprint density at radius 3 is 2.88 bits per heavy atom. The number of carboxylic acids is 1. The minimum absolute atomic E-state index is 0.0980. The third kappa shape index (κ3) is 2.65. The van der Waals surface area contributed by atoms with Gasteiger partial charge in [0.15, 0.2) is 5.78 Å². The fourth-order valence-corrected chi connectivity index (χ4v) is 1.74. The number of aliphatic carboxylic acids is 1. The summed E-state index contributed by atoms with van der Waals surface area (Å²) in [4.78, 5) is 22.0. The third-order valence-corrected chi connectivity index (χ3v) is 2.59. The van der Waals surface area contributed by atoms with Gasteiger partial charge in [0.05, 0.1) is 0 Å². The number of ether oxygens (including phenoxy) is 1. The Balaban J connectivity index is 2.28. The SMILES string of the molecule is O=C(O)CC(=O)C1=Cc2cc(Cl)ccc2OC1. The number of fused-ring (bicyclic) bond motifs is 1. The molecule has 4 nitrogen and oxygen atoms in total. The Morgan fingerprint density at radius 2 is 2.18 bits per heavy atom. The van der Waals surface area contributed by atoms with Crippen molar-refractivity contribution in [2.24, 2.45) is 0 Å². The Labute approximate surface area is 102 Å². The van der Waals surface area contributed by atoms with Gasteiger partial charge in [0.1, 0.15) is 18.8 Å². The number of halogens is 1. The first-order chi connectivity index (χ1) is 8.06. The molecule has 0 radical (unpaired) electrons. The molecular formula is C12H9ClO4. The second-order valence-corrected chi connectivity index (χ2v) is 4.07. The summed E-state index contributed by atoms with van der Waals surface area (Å²) in [6.45, 7) is 0.0980. The van der Waals surface area contributed by atoms with Gasteiger partial charge in [-0.3, -0.25) is 9.59 Å². The lowest BCUT2D eigenvalue weighted by Gasteiger charge is -2.16. The molecule has 0 unspecified atom stereocenters. The highest BCUT2D eigenvalue weighted by atomic mass is 35.5. The number of hydrogen-bond donors (Lipinski definition) is 1. The molecule has 17 heavy (non-hydrogen) atoms. The van der Waals surface area contributed by atoms with Crippen molar-refractivity contribution in [3.05, 3.63) is 34.4 Å². The van der Waals surface area contributed by atoms with Crippen LogP contribution in [0.25, 0.3) is 6.08 Å². The molecule has 5 heteroatoms. The number of benzene rings is 1. The van der Waals surface area contributed by atoms with Crippen molar-refractivity contribution in [2.45, 2.75) is 6.42 Å². The van der Waals surface area contributed by atoms with E-state index in [4.69, 9.17) is 21.4 Å². The Kier molecular flexibility index (Phi) is 3.15. The third-order valence-electron chi connectivity index (χ3n) is 2.35. The van der Waals surface area contributed by atoms with Crippen LogP contribution in [-0.4, -0.2) is 23.5 Å². The number of rotatable bonds is 3. The van der Waals surface area contributed by atoms with E-state index in [0.29, 0.717) is 21.9 Å². The predicted octanol–water partition coefficient (Wildman–Crippen LogP) is 2.16. The zero-order valence-corrected chi connectivity index (χ0v) is 9.53. The monoisotopic (exact) mass is 252 g/mol. The molecule has 0 bridgehead atoms. The summed E-state index contributed by atoms with van der Waals surface area (Å²) in [5.74, 6) is -0.947. The molecule has 1 N–H and O–H groups in total. The minimum Gasteiger partial charge on any atom is -0.488 e. The van der Waals surface area contributed by atoms with E-state index in [1.54, 1.807) is 24.3 Å². The standard InChI is InChI=1S/C12H9ClO4/c13-9-1-2-11-7(4-9)3-8(6-17-11)10(14)5-12(15)16/h1-4H,5-6H2,(H,15,16). The van der Waals surface area contributed by atoms with Crippen molar-refractivity contribution in [3.63, 3.8) is 0 Å². The van der Waals surface area contributed by atoms with Crippen LogP contribution in [0.4, 0.5) is 0 Å². The molecule has 1 aliphatic heterocycles. The van der Waals surface area contributed by atoms with Gasteiger partial charge in [-0.15, -0.1) is 0 Å². The van der Waals surface area contributed by atoms with Gasteiger partial charge in [0, 0.05) is 16.2 Å². The molecule has 88 valence electrons. The highest BCUT2D eigenvalue weighted by Crippen LogP contribution is 2.29. The molecule has 1 aromatic rings. The van der Waals surface area contributed by atoms with E-state index in [1.807, 2.05) is 0 Å².